The van der Waals surface area contributed by atoms with Gasteiger partial charge in [0.15, 0.2) is 11.4 Å². The zero-order valence-corrected chi connectivity index (χ0v) is 20.4. The predicted octanol–water partition coefficient (Wildman–Crippen LogP) is 6.71. The lowest BCUT2D eigenvalue weighted by molar-refractivity contribution is -0.134. The molecule has 0 aliphatic rings. The maximum Gasteiger partial charge on any atom is 0.311 e. The number of nitrogens with zero attached hydrogens (tertiary/aromatic N) is 4. The predicted molar refractivity (Wildman–Crippen MR) is 134 cm³/mol. The summed E-state index contributed by atoms with van der Waals surface area (Å²) in [7, 11) is 0. The van der Waals surface area contributed by atoms with Crippen molar-refractivity contribution in [3.8, 4) is 5.75 Å². The molecule has 0 radical (unpaired) electrons. The second kappa shape index (κ2) is 10.4. The summed E-state index contributed by atoms with van der Waals surface area (Å²) in [6, 6.07) is 8.15. The van der Waals surface area contributed by atoms with Gasteiger partial charge in [-0.2, -0.15) is 0 Å². The number of benzene rings is 1. The molecule has 4 rings (SSSR count). The van der Waals surface area contributed by atoms with E-state index in [2.05, 4.69) is 35.8 Å². The quantitative estimate of drug-likeness (QED) is 0.239. The van der Waals surface area contributed by atoms with Gasteiger partial charge in [-0.25, -0.2) is 9.97 Å². The largest absolute Gasteiger partial charge is 0.424 e. The highest BCUT2D eigenvalue weighted by Crippen LogP contribution is 2.35. The number of carbonyl (C=O) groups excluding carboxylic acids is 1. The molecule has 3 aromatic heterocycles. The van der Waals surface area contributed by atoms with Crippen LogP contribution < -0.4 is 4.74 Å². The Morgan fingerprint density at radius 2 is 1.85 bits per heavy atom. The van der Waals surface area contributed by atoms with E-state index in [1.54, 1.807) is 0 Å². The van der Waals surface area contributed by atoms with Gasteiger partial charge in [-0.15, -0.1) is 0 Å². The number of aryl methyl sites for hydroxylation is 1. The molecule has 176 valence electrons. The van der Waals surface area contributed by atoms with Crippen LogP contribution in [0.2, 0.25) is 0 Å². The number of aromatic nitrogens is 4. The number of unbranched alkanes of at least 4 members (excludes halogenated alkanes) is 1. The highest BCUT2D eigenvalue weighted by atomic mass is 16.5. The van der Waals surface area contributed by atoms with Crippen molar-refractivity contribution in [3.63, 3.8) is 0 Å². The van der Waals surface area contributed by atoms with Gasteiger partial charge in [0.1, 0.15) is 16.9 Å². The minimum atomic E-state index is -0.207. The van der Waals surface area contributed by atoms with Crippen molar-refractivity contribution < 1.29 is 9.53 Å². The SMILES string of the molecule is CCCC[C@H](CC)Cn1cc(OC(=O)CCC)c2c1nc(CCC)n1c3ccccc3nc21. The van der Waals surface area contributed by atoms with Gasteiger partial charge in [0.05, 0.1) is 11.0 Å². The number of carbonyl (C=O) groups is 1. The Bertz CT molecular complexity index is 1250. The smallest absolute Gasteiger partial charge is 0.311 e. The topological polar surface area (TPSA) is 61.4 Å². The van der Waals surface area contributed by atoms with Gasteiger partial charge in [0.25, 0.3) is 0 Å². The average molecular weight is 449 g/mol. The zero-order valence-electron chi connectivity index (χ0n) is 20.4. The second-order valence-corrected chi connectivity index (χ2v) is 9.02. The van der Waals surface area contributed by atoms with Crippen molar-refractivity contribution in [3.05, 3.63) is 36.3 Å². The molecule has 0 unspecified atom stereocenters. The van der Waals surface area contributed by atoms with Crippen LogP contribution in [0.3, 0.4) is 0 Å². The first kappa shape index (κ1) is 23.3. The Morgan fingerprint density at radius 3 is 2.58 bits per heavy atom. The fourth-order valence-electron chi connectivity index (χ4n) is 4.66. The molecule has 0 fully saturated rings. The number of para-hydroxylation sites is 2. The average Bonchev–Trinajstić information content (AvgIpc) is 3.35. The van der Waals surface area contributed by atoms with Crippen molar-refractivity contribution in [2.45, 2.75) is 85.6 Å². The number of ether oxygens (including phenoxy) is 1. The Balaban J connectivity index is 1.95. The lowest BCUT2D eigenvalue weighted by Gasteiger charge is -2.16. The van der Waals surface area contributed by atoms with Crippen LogP contribution >= 0.6 is 0 Å². The minimum Gasteiger partial charge on any atom is -0.424 e. The van der Waals surface area contributed by atoms with Gasteiger partial charge in [0.2, 0.25) is 0 Å². The summed E-state index contributed by atoms with van der Waals surface area (Å²) in [6.45, 7) is 9.52. The third kappa shape index (κ3) is 4.61. The molecule has 0 saturated heterocycles. The lowest BCUT2D eigenvalue weighted by Crippen LogP contribution is -2.11. The maximum absolute atomic E-state index is 12.5. The van der Waals surface area contributed by atoms with Gasteiger partial charge in [-0.05, 0) is 37.3 Å². The van der Waals surface area contributed by atoms with E-state index in [1.807, 2.05) is 31.3 Å². The third-order valence-electron chi connectivity index (χ3n) is 6.44. The fraction of sp³-hybridized carbons (Fsp3) is 0.519. The highest BCUT2D eigenvalue weighted by molar-refractivity contribution is 6.00. The summed E-state index contributed by atoms with van der Waals surface area (Å²) in [6.07, 6.45) is 9.71. The Labute approximate surface area is 196 Å². The molecule has 0 amide bonds. The molecule has 4 aromatic rings. The Hall–Kier alpha value is -2.89. The fourth-order valence-corrected chi connectivity index (χ4v) is 4.66. The van der Waals surface area contributed by atoms with Crippen LogP contribution in [0, 0.1) is 5.92 Å². The molecular formula is C27H36N4O2. The molecule has 1 atom stereocenters. The van der Waals surface area contributed by atoms with E-state index < -0.39 is 0 Å². The monoisotopic (exact) mass is 448 g/mol. The van der Waals surface area contributed by atoms with Crippen LogP contribution in [0.25, 0.3) is 27.7 Å². The summed E-state index contributed by atoms with van der Waals surface area (Å²) in [4.78, 5) is 22.6. The molecule has 0 aliphatic carbocycles. The number of hydrogen-bond donors (Lipinski definition) is 0. The molecule has 0 saturated carbocycles. The normalized spacial score (nSPS) is 12.7. The van der Waals surface area contributed by atoms with E-state index >= 15 is 0 Å². The van der Waals surface area contributed by atoms with Gasteiger partial charge in [-0.3, -0.25) is 9.20 Å². The first-order chi connectivity index (χ1) is 16.1. The summed E-state index contributed by atoms with van der Waals surface area (Å²) in [5, 5.41) is 0.834. The van der Waals surface area contributed by atoms with Crippen molar-refractivity contribution in [1.82, 2.24) is 18.9 Å². The third-order valence-corrected chi connectivity index (χ3v) is 6.44. The number of rotatable bonds is 11. The van der Waals surface area contributed by atoms with Crippen molar-refractivity contribution in [2.24, 2.45) is 5.92 Å². The second-order valence-electron chi connectivity index (χ2n) is 9.02. The van der Waals surface area contributed by atoms with E-state index in [4.69, 9.17) is 14.7 Å². The van der Waals surface area contributed by atoms with Gasteiger partial charge in [-0.1, -0.05) is 59.1 Å². The first-order valence-corrected chi connectivity index (χ1v) is 12.6. The molecule has 0 N–H and O–H groups in total. The molecule has 3 heterocycles. The molecule has 1 aromatic carbocycles. The zero-order chi connectivity index (χ0) is 23.4. The molecule has 33 heavy (non-hydrogen) atoms. The van der Waals surface area contributed by atoms with E-state index in [1.165, 1.54) is 19.3 Å². The number of esters is 1. The van der Waals surface area contributed by atoms with Crippen molar-refractivity contribution >= 4 is 33.7 Å². The summed E-state index contributed by atoms with van der Waals surface area (Å²) >= 11 is 0. The van der Waals surface area contributed by atoms with E-state index in [0.29, 0.717) is 18.1 Å². The summed E-state index contributed by atoms with van der Waals surface area (Å²) < 4.78 is 10.2. The van der Waals surface area contributed by atoms with Crippen LogP contribution in [-0.4, -0.2) is 24.9 Å². The molecule has 0 aliphatic heterocycles. The molecule has 0 spiro atoms. The Morgan fingerprint density at radius 1 is 1.03 bits per heavy atom. The molecular weight excluding hydrogens is 412 g/mol. The van der Waals surface area contributed by atoms with Crippen LogP contribution in [0.15, 0.2) is 30.5 Å². The lowest BCUT2D eigenvalue weighted by atomic mass is 9.99. The van der Waals surface area contributed by atoms with Gasteiger partial charge in [0, 0.05) is 25.6 Å². The number of hydrogen-bond acceptors (Lipinski definition) is 4. The van der Waals surface area contributed by atoms with Gasteiger partial charge < -0.3 is 9.30 Å². The van der Waals surface area contributed by atoms with Crippen molar-refractivity contribution in [1.29, 1.82) is 0 Å². The summed E-state index contributed by atoms with van der Waals surface area (Å²) in [5.41, 5.74) is 3.66. The first-order valence-electron chi connectivity index (χ1n) is 12.6. The number of imidazole rings is 1. The van der Waals surface area contributed by atoms with Crippen LogP contribution in [0.4, 0.5) is 0 Å². The number of fused-ring (bicyclic) bond motifs is 5. The molecule has 6 heteroatoms. The van der Waals surface area contributed by atoms with Crippen LogP contribution in [0.5, 0.6) is 5.75 Å². The van der Waals surface area contributed by atoms with Crippen LogP contribution in [-0.2, 0) is 17.8 Å². The van der Waals surface area contributed by atoms with E-state index in [-0.39, 0.29) is 5.97 Å². The van der Waals surface area contributed by atoms with Crippen molar-refractivity contribution in [2.75, 3.05) is 0 Å². The molecule has 0 bridgehead atoms. The highest BCUT2D eigenvalue weighted by Gasteiger charge is 2.23. The van der Waals surface area contributed by atoms with Gasteiger partial charge >= 0.3 is 5.97 Å². The minimum absolute atomic E-state index is 0.207. The summed E-state index contributed by atoms with van der Waals surface area (Å²) in [5.74, 6) is 1.93. The van der Waals surface area contributed by atoms with Crippen LogP contribution in [0.1, 0.15) is 78.5 Å². The van der Waals surface area contributed by atoms with E-state index in [9.17, 15) is 4.79 Å². The Kier molecular flexibility index (Phi) is 7.31. The standard InChI is InChI=1S/C27H36N4O2/c1-5-9-14-19(8-4)17-30-18-22(33-24(32)13-7-3)25-26(30)29-23(12-6-2)31-21-16-11-10-15-20(21)28-27(25)31/h10-11,15-16,18-19H,5-9,12-14,17H2,1-4H3/t19-/m0/s1. The maximum atomic E-state index is 12.5. The van der Waals surface area contributed by atoms with E-state index in [0.717, 1.165) is 65.8 Å². The molecule has 6 nitrogen and oxygen atoms in total.